The zero-order valence-electron chi connectivity index (χ0n) is 14.9. The molecule has 1 aliphatic rings. The summed E-state index contributed by atoms with van der Waals surface area (Å²) in [6.45, 7) is 10.5. The molecule has 23 heavy (non-hydrogen) atoms. The van der Waals surface area contributed by atoms with Gasteiger partial charge in [-0.05, 0) is 45.6 Å². The third kappa shape index (κ3) is 5.15. The molecule has 1 unspecified atom stereocenters. The Bertz CT molecular complexity index is 552. The van der Waals surface area contributed by atoms with E-state index in [1.54, 1.807) is 0 Å². The summed E-state index contributed by atoms with van der Waals surface area (Å²) in [5.41, 5.74) is 0.924. The average Bonchev–Trinajstić information content (AvgIpc) is 2.77. The van der Waals surface area contributed by atoms with Crippen LogP contribution in [-0.2, 0) is 11.2 Å². The van der Waals surface area contributed by atoms with Crippen molar-refractivity contribution in [3.8, 4) is 11.5 Å². The van der Waals surface area contributed by atoms with Gasteiger partial charge < -0.3 is 14.8 Å². The molecule has 4 nitrogen and oxygen atoms in total. The van der Waals surface area contributed by atoms with Crippen LogP contribution in [0.15, 0.2) is 18.2 Å². The molecule has 1 N–H and O–H groups in total. The van der Waals surface area contributed by atoms with E-state index in [1.165, 1.54) is 0 Å². The summed E-state index contributed by atoms with van der Waals surface area (Å²) >= 11 is 0. The van der Waals surface area contributed by atoms with Gasteiger partial charge in [-0.1, -0.05) is 26.0 Å². The van der Waals surface area contributed by atoms with Crippen molar-refractivity contribution in [3.05, 3.63) is 23.8 Å². The van der Waals surface area contributed by atoms with E-state index >= 15 is 0 Å². The van der Waals surface area contributed by atoms with E-state index in [0.29, 0.717) is 11.7 Å². The first-order chi connectivity index (χ1) is 10.8. The van der Waals surface area contributed by atoms with Crippen molar-refractivity contribution in [2.45, 2.75) is 65.5 Å². The molecule has 0 radical (unpaired) electrons. The minimum absolute atomic E-state index is 0.0201. The summed E-state index contributed by atoms with van der Waals surface area (Å²) in [5, 5.41) is 2.98. The predicted molar refractivity (Wildman–Crippen MR) is 92.0 cm³/mol. The molecule has 2 rings (SSSR count). The Kier molecular flexibility index (Phi) is 5.55. The fourth-order valence-electron chi connectivity index (χ4n) is 2.82. The van der Waals surface area contributed by atoms with Crippen LogP contribution in [0, 0.1) is 5.92 Å². The molecule has 1 heterocycles. The lowest BCUT2D eigenvalue weighted by molar-refractivity contribution is -0.123. The molecule has 128 valence electrons. The number of rotatable bonds is 7. The number of fused-ring (bicyclic) bond motifs is 1. The molecule has 4 heteroatoms. The Balaban J connectivity index is 1.85. The van der Waals surface area contributed by atoms with E-state index in [4.69, 9.17) is 9.47 Å². The maximum Gasteiger partial charge on any atom is 0.258 e. The molecule has 0 bridgehead atoms. The van der Waals surface area contributed by atoms with E-state index in [1.807, 2.05) is 25.1 Å². The van der Waals surface area contributed by atoms with Crippen molar-refractivity contribution in [2.75, 3.05) is 6.61 Å². The molecule has 0 fully saturated rings. The summed E-state index contributed by atoms with van der Waals surface area (Å²) in [7, 11) is 0. The lowest BCUT2D eigenvalue weighted by Crippen LogP contribution is -2.36. The van der Waals surface area contributed by atoms with Crippen molar-refractivity contribution >= 4 is 5.91 Å². The topological polar surface area (TPSA) is 47.6 Å². The molecule has 1 aliphatic heterocycles. The highest BCUT2D eigenvalue weighted by Crippen LogP contribution is 2.41. The number of benzene rings is 1. The van der Waals surface area contributed by atoms with Crippen molar-refractivity contribution in [3.63, 3.8) is 0 Å². The normalized spacial score (nSPS) is 16.6. The molecule has 1 atom stereocenters. The Labute approximate surface area is 139 Å². The maximum atomic E-state index is 12.0. The fraction of sp³-hybridized carbons (Fsp3) is 0.632. The second-order valence-corrected chi connectivity index (χ2v) is 7.51. The van der Waals surface area contributed by atoms with E-state index in [9.17, 15) is 4.79 Å². The lowest BCUT2D eigenvalue weighted by atomic mass is 10.0. The van der Waals surface area contributed by atoms with Gasteiger partial charge in [0.05, 0.1) is 0 Å². The lowest BCUT2D eigenvalue weighted by Gasteiger charge is -2.18. The van der Waals surface area contributed by atoms with Crippen LogP contribution < -0.4 is 14.8 Å². The maximum absolute atomic E-state index is 12.0. The highest BCUT2D eigenvalue weighted by Gasteiger charge is 2.32. The second kappa shape index (κ2) is 7.24. The molecule has 0 saturated carbocycles. The zero-order chi connectivity index (χ0) is 17.0. The van der Waals surface area contributed by atoms with Gasteiger partial charge in [-0.3, -0.25) is 4.79 Å². The van der Waals surface area contributed by atoms with Crippen molar-refractivity contribution < 1.29 is 14.3 Å². The van der Waals surface area contributed by atoms with Gasteiger partial charge in [0.1, 0.15) is 5.60 Å². The highest BCUT2D eigenvalue weighted by molar-refractivity contribution is 5.77. The highest BCUT2D eigenvalue weighted by atomic mass is 16.5. The quantitative estimate of drug-likeness (QED) is 0.833. The molecular weight excluding hydrogens is 290 g/mol. The number of hydrogen-bond donors (Lipinski definition) is 1. The first-order valence-corrected chi connectivity index (χ1v) is 8.50. The van der Waals surface area contributed by atoms with Gasteiger partial charge in [0, 0.05) is 18.0 Å². The minimum atomic E-state index is -0.213. The Morgan fingerprint density at radius 2 is 2.04 bits per heavy atom. The first kappa shape index (κ1) is 17.6. The van der Waals surface area contributed by atoms with Gasteiger partial charge >= 0.3 is 0 Å². The standard InChI is InChI=1S/C19H29NO3/c1-13(2)9-10-14(3)20-17(21)12-22-16-8-6-7-15-11-19(4,5)23-18(15)16/h6-8,13-14H,9-12H2,1-5H3,(H,20,21). The number of hydrogen-bond acceptors (Lipinski definition) is 3. The number of ether oxygens (including phenoxy) is 2. The number of nitrogens with one attached hydrogen (secondary N) is 1. The van der Waals surface area contributed by atoms with Crippen LogP contribution in [0.1, 0.15) is 53.0 Å². The van der Waals surface area contributed by atoms with Crippen LogP contribution >= 0.6 is 0 Å². The van der Waals surface area contributed by atoms with Gasteiger partial charge in [0.2, 0.25) is 0 Å². The smallest absolute Gasteiger partial charge is 0.258 e. The Hall–Kier alpha value is -1.71. The zero-order valence-corrected chi connectivity index (χ0v) is 14.9. The first-order valence-electron chi connectivity index (χ1n) is 8.50. The molecular formula is C19H29NO3. The summed E-state index contributed by atoms with van der Waals surface area (Å²) in [6.07, 6.45) is 2.96. The third-order valence-electron chi connectivity index (χ3n) is 4.00. The van der Waals surface area contributed by atoms with E-state index in [-0.39, 0.29) is 24.2 Å². The average molecular weight is 319 g/mol. The molecule has 1 aromatic rings. The largest absolute Gasteiger partial charge is 0.483 e. The number of para-hydroxylation sites is 1. The van der Waals surface area contributed by atoms with Crippen LogP contribution in [0.4, 0.5) is 0 Å². The van der Waals surface area contributed by atoms with Crippen LogP contribution in [0.2, 0.25) is 0 Å². The molecule has 0 aliphatic carbocycles. The Morgan fingerprint density at radius 3 is 2.74 bits per heavy atom. The predicted octanol–water partition coefficient (Wildman–Crippen LogP) is 3.72. The van der Waals surface area contributed by atoms with Crippen molar-refractivity contribution in [2.24, 2.45) is 5.92 Å². The van der Waals surface area contributed by atoms with Crippen LogP contribution in [0.25, 0.3) is 0 Å². The van der Waals surface area contributed by atoms with Gasteiger partial charge in [-0.15, -0.1) is 0 Å². The third-order valence-corrected chi connectivity index (χ3v) is 4.00. The summed E-state index contributed by atoms with van der Waals surface area (Å²) < 4.78 is 11.6. The van der Waals surface area contributed by atoms with Crippen LogP contribution in [0.5, 0.6) is 11.5 Å². The summed E-state index contributed by atoms with van der Waals surface area (Å²) in [5.74, 6) is 1.99. The summed E-state index contributed by atoms with van der Waals surface area (Å²) in [6, 6.07) is 6.02. The van der Waals surface area contributed by atoms with Crippen LogP contribution in [0.3, 0.4) is 0 Å². The minimum Gasteiger partial charge on any atom is -0.483 e. The second-order valence-electron chi connectivity index (χ2n) is 7.51. The SMILES string of the molecule is CC(C)CCC(C)NC(=O)COc1cccc2c1OC(C)(C)C2. The van der Waals surface area contributed by atoms with Crippen molar-refractivity contribution in [1.29, 1.82) is 0 Å². The number of carbonyl (C=O) groups is 1. The van der Waals surface area contributed by atoms with E-state index < -0.39 is 0 Å². The van der Waals surface area contributed by atoms with E-state index in [2.05, 4.69) is 33.0 Å². The molecule has 0 aromatic heterocycles. The monoisotopic (exact) mass is 319 g/mol. The molecule has 0 saturated heterocycles. The van der Waals surface area contributed by atoms with Gasteiger partial charge in [0.15, 0.2) is 18.1 Å². The fourth-order valence-corrected chi connectivity index (χ4v) is 2.82. The molecule has 0 spiro atoms. The number of carbonyl (C=O) groups excluding carboxylic acids is 1. The van der Waals surface area contributed by atoms with Gasteiger partial charge in [0.25, 0.3) is 5.91 Å². The number of amides is 1. The molecule has 1 aromatic carbocycles. The Morgan fingerprint density at radius 1 is 1.30 bits per heavy atom. The van der Waals surface area contributed by atoms with Crippen LogP contribution in [-0.4, -0.2) is 24.2 Å². The van der Waals surface area contributed by atoms with Crippen molar-refractivity contribution in [1.82, 2.24) is 5.32 Å². The van der Waals surface area contributed by atoms with Gasteiger partial charge in [-0.25, -0.2) is 0 Å². The molecule has 1 amide bonds. The summed E-state index contributed by atoms with van der Waals surface area (Å²) in [4.78, 5) is 12.0. The van der Waals surface area contributed by atoms with E-state index in [0.717, 1.165) is 30.6 Å². The van der Waals surface area contributed by atoms with Gasteiger partial charge in [-0.2, -0.15) is 0 Å².